The van der Waals surface area contributed by atoms with Crippen LogP contribution in [0, 0.1) is 6.92 Å². The minimum Gasteiger partial charge on any atom is -0.317 e. The van der Waals surface area contributed by atoms with Crippen molar-refractivity contribution in [2.75, 3.05) is 20.1 Å². The monoisotopic (exact) mass is 305 g/mol. The first-order chi connectivity index (χ1) is 10.1. The van der Waals surface area contributed by atoms with E-state index in [0.29, 0.717) is 11.9 Å². The molecule has 1 unspecified atom stereocenters. The van der Waals surface area contributed by atoms with Gasteiger partial charge >= 0.3 is 0 Å². The summed E-state index contributed by atoms with van der Waals surface area (Å²) in [7, 11) is 2.17. The molecule has 4 rings (SSSR count). The summed E-state index contributed by atoms with van der Waals surface area (Å²) in [6.45, 7) is 4.33. The molecule has 4 nitrogen and oxygen atoms in total. The van der Waals surface area contributed by atoms with E-state index in [-0.39, 0.29) is 11.7 Å². The molecule has 1 aliphatic carbocycles. The molecule has 21 heavy (non-hydrogen) atoms. The SMILES string of the molecule is Cc1ccc(C2NC3(CC3)C(=O)N2C2CCN(C)CC2)s1. The van der Waals surface area contributed by atoms with Crippen molar-refractivity contribution in [3.63, 3.8) is 0 Å². The fourth-order valence-corrected chi connectivity index (χ4v) is 4.63. The molecule has 0 bridgehead atoms. The van der Waals surface area contributed by atoms with E-state index in [1.54, 1.807) is 0 Å². The quantitative estimate of drug-likeness (QED) is 0.909. The molecule has 1 spiro atoms. The first kappa shape index (κ1) is 13.7. The lowest BCUT2D eigenvalue weighted by atomic mass is 10.0. The third kappa shape index (κ3) is 2.22. The van der Waals surface area contributed by atoms with Crippen LogP contribution in [-0.4, -0.2) is 47.4 Å². The molecule has 114 valence electrons. The fourth-order valence-electron chi connectivity index (χ4n) is 3.70. The largest absolute Gasteiger partial charge is 0.317 e. The molecule has 3 aliphatic rings. The Labute approximate surface area is 130 Å². The molecule has 2 aliphatic heterocycles. The molecule has 1 N–H and O–H groups in total. The highest BCUT2D eigenvalue weighted by Crippen LogP contribution is 2.48. The lowest BCUT2D eigenvalue weighted by Gasteiger charge is -2.37. The number of hydrogen-bond acceptors (Lipinski definition) is 4. The van der Waals surface area contributed by atoms with Crippen molar-refractivity contribution in [3.05, 3.63) is 21.9 Å². The predicted octanol–water partition coefficient (Wildman–Crippen LogP) is 2.11. The number of rotatable bonds is 2. The minimum atomic E-state index is -0.216. The molecule has 1 amide bonds. The van der Waals surface area contributed by atoms with E-state index in [1.807, 2.05) is 11.3 Å². The Hall–Kier alpha value is -0.910. The Morgan fingerprint density at radius 1 is 1.29 bits per heavy atom. The topological polar surface area (TPSA) is 35.6 Å². The van der Waals surface area contributed by atoms with Gasteiger partial charge in [-0.25, -0.2) is 0 Å². The van der Waals surface area contributed by atoms with Gasteiger partial charge in [-0.3, -0.25) is 10.1 Å². The van der Waals surface area contributed by atoms with Gasteiger partial charge in [0.15, 0.2) is 0 Å². The predicted molar refractivity (Wildman–Crippen MR) is 84.3 cm³/mol. The van der Waals surface area contributed by atoms with Gasteiger partial charge in [0.1, 0.15) is 11.7 Å². The van der Waals surface area contributed by atoms with Gasteiger partial charge in [0, 0.05) is 15.8 Å². The van der Waals surface area contributed by atoms with Crippen LogP contribution in [0.4, 0.5) is 0 Å². The number of carbonyl (C=O) groups excluding carboxylic acids is 1. The fraction of sp³-hybridized carbons (Fsp3) is 0.688. The molecule has 5 heteroatoms. The average molecular weight is 305 g/mol. The molecule has 1 atom stereocenters. The standard InChI is InChI=1S/C16H23N3OS/c1-11-3-4-13(21-11)14-17-16(7-8-16)15(20)19(14)12-5-9-18(2)10-6-12/h3-4,12,14,17H,5-10H2,1-2H3. The highest BCUT2D eigenvalue weighted by atomic mass is 32.1. The van der Waals surface area contributed by atoms with Gasteiger partial charge in [-0.2, -0.15) is 0 Å². The zero-order valence-corrected chi connectivity index (χ0v) is 13.6. The lowest BCUT2D eigenvalue weighted by Crippen LogP contribution is -2.46. The average Bonchev–Trinajstić information content (AvgIpc) is 3.04. The maximum absolute atomic E-state index is 12.9. The van der Waals surface area contributed by atoms with E-state index >= 15 is 0 Å². The third-order valence-electron chi connectivity index (χ3n) is 5.20. The maximum atomic E-state index is 12.9. The van der Waals surface area contributed by atoms with E-state index in [1.165, 1.54) is 9.75 Å². The van der Waals surface area contributed by atoms with Gasteiger partial charge < -0.3 is 9.80 Å². The molecule has 0 radical (unpaired) electrons. The van der Waals surface area contributed by atoms with Gasteiger partial charge in [0.2, 0.25) is 5.91 Å². The summed E-state index contributed by atoms with van der Waals surface area (Å²) in [6.07, 6.45) is 4.32. The Morgan fingerprint density at radius 2 is 2.00 bits per heavy atom. The van der Waals surface area contributed by atoms with Gasteiger partial charge in [0.25, 0.3) is 0 Å². The van der Waals surface area contributed by atoms with E-state index in [4.69, 9.17) is 0 Å². The van der Waals surface area contributed by atoms with Crippen molar-refractivity contribution < 1.29 is 4.79 Å². The number of piperidine rings is 1. The summed E-state index contributed by atoms with van der Waals surface area (Å²) in [5.74, 6) is 0.355. The molecular weight excluding hydrogens is 282 g/mol. The Balaban J connectivity index is 1.63. The van der Waals surface area contributed by atoms with Crippen molar-refractivity contribution >= 4 is 17.2 Å². The molecular formula is C16H23N3OS. The summed E-state index contributed by atoms with van der Waals surface area (Å²) >= 11 is 1.82. The number of aryl methyl sites for hydroxylation is 1. The molecule has 3 heterocycles. The first-order valence-corrected chi connectivity index (χ1v) is 8.76. The van der Waals surface area contributed by atoms with Crippen molar-refractivity contribution in [3.8, 4) is 0 Å². The van der Waals surface area contributed by atoms with Crippen LogP contribution in [0.3, 0.4) is 0 Å². The normalized spacial score (nSPS) is 29.5. The second-order valence-electron chi connectivity index (χ2n) is 6.82. The summed E-state index contributed by atoms with van der Waals surface area (Å²) in [5.41, 5.74) is -0.216. The number of thiophene rings is 1. The molecule has 1 aromatic rings. The Bertz CT molecular complexity index is 558. The van der Waals surface area contributed by atoms with Gasteiger partial charge in [-0.05, 0) is 64.9 Å². The first-order valence-electron chi connectivity index (χ1n) is 7.94. The zero-order valence-electron chi connectivity index (χ0n) is 12.8. The van der Waals surface area contributed by atoms with Crippen LogP contribution < -0.4 is 5.32 Å². The van der Waals surface area contributed by atoms with Crippen LogP contribution in [0.2, 0.25) is 0 Å². The lowest BCUT2D eigenvalue weighted by molar-refractivity contribution is -0.134. The van der Waals surface area contributed by atoms with E-state index in [2.05, 4.69) is 41.2 Å². The van der Waals surface area contributed by atoms with E-state index in [0.717, 1.165) is 38.8 Å². The maximum Gasteiger partial charge on any atom is 0.244 e. The summed E-state index contributed by atoms with van der Waals surface area (Å²) in [6, 6.07) is 4.75. The van der Waals surface area contributed by atoms with Crippen molar-refractivity contribution in [1.29, 1.82) is 0 Å². The van der Waals surface area contributed by atoms with Crippen molar-refractivity contribution in [1.82, 2.24) is 15.1 Å². The van der Waals surface area contributed by atoms with Crippen LogP contribution in [0.25, 0.3) is 0 Å². The minimum absolute atomic E-state index is 0.104. The highest BCUT2D eigenvalue weighted by Gasteiger charge is 2.60. The van der Waals surface area contributed by atoms with Gasteiger partial charge in [-0.1, -0.05) is 0 Å². The zero-order chi connectivity index (χ0) is 14.6. The van der Waals surface area contributed by atoms with Gasteiger partial charge in [0.05, 0.1) is 0 Å². The number of carbonyl (C=O) groups is 1. The molecule has 1 saturated carbocycles. The molecule has 3 fully saturated rings. The van der Waals surface area contributed by atoms with Crippen molar-refractivity contribution in [2.45, 2.75) is 50.4 Å². The Morgan fingerprint density at radius 3 is 2.57 bits per heavy atom. The molecule has 2 saturated heterocycles. The van der Waals surface area contributed by atoms with E-state index < -0.39 is 0 Å². The summed E-state index contributed by atoms with van der Waals surface area (Å²) in [5, 5.41) is 3.65. The molecule has 0 aromatic carbocycles. The summed E-state index contributed by atoms with van der Waals surface area (Å²) < 4.78 is 0. The second kappa shape index (κ2) is 4.80. The number of nitrogens with zero attached hydrogens (tertiary/aromatic N) is 2. The van der Waals surface area contributed by atoms with Gasteiger partial charge in [-0.15, -0.1) is 11.3 Å². The summed E-state index contributed by atoms with van der Waals surface area (Å²) in [4.78, 5) is 20.1. The van der Waals surface area contributed by atoms with Crippen LogP contribution in [-0.2, 0) is 4.79 Å². The number of nitrogens with one attached hydrogen (secondary N) is 1. The number of amides is 1. The van der Waals surface area contributed by atoms with Crippen LogP contribution in [0.15, 0.2) is 12.1 Å². The number of hydrogen-bond donors (Lipinski definition) is 1. The Kier molecular flexibility index (Phi) is 3.14. The smallest absolute Gasteiger partial charge is 0.244 e. The molecule has 1 aromatic heterocycles. The van der Waals surface area contributed by atoms with E-state index in [9.17, 15) is 4.79 Å². The third-order valence-corrected chi connectivity index (χ3v) is 6.25. The highest BCUT2D eigenvalue weighted by molar-refractivity contribution is 7.12. The van der Waals surface area contributed by atoms with Crippen LogP contribution in [0.5, 0.6) is 0 Å². The van der Waals surface area contributed by atoms with Crippen LogP contribution >= 0.6 is 11.3 Å². The van der Waals surface area contributed by atoms with Crippen molar-refractivity contribution in [2.24, 2.45) is 0 Å². The second-order valence-corrected chi connectivity index (χ2v) is 8.14. The van der Waals surface area contributed by atoms with Crippen LogP contribution in [0.1, 0.15) is 41.6 Å². The number of likely N-dealkylation sites (tertiary alicyclic amines) is 1.